The maximum absolute atomic E-state index is 12.2. The molecule has 1 aromatic rings. The highest BCUT2D eigenvalue weighted by Gasteiger charge is 2.29. The van der Waals surface area contributed by atoms with Gasteiger partial charge in [-0.2, -0.15) is 0 Å². The predicted molar refractivity (Wildman–Crippen MR) is 157 cm³/mol. The molecule has 44 heavy (non-hydrogen) atoms. The number of amides is 4. The smallest absolute Gasteiger partial charge is 0.253 e. The molecular formula is C32H42N2O10. The highest BCUT2D eigenvalue weighted by atomic mass is 16.6. The zero-order chi connectivity index (χ0) is 31.6. The Morgan fingerprint density at radius 3 is 1.77 bits per heavy atom. The van der Waals surface area contributed by atoms with Gasteiger partial charge >= 0.3 is 0 Å². The van der Waals surface area contributed by atoms with Crippen molar-refractivity contribution in [2.45, 2.75) is 51.4 Å². The van der Waals surface area contributed by atoms with Crippen LogP contribution in [-0.4, -0.2) is 111 Å². The van der Waals surface area contributed by atoms with E-state index in [1.807, 2.05) is 24.3 Å². The zero-order valence-electron chi connectivity index (χ0n) is 25.2. The van der Waals surface area contributed by atoms with Gasteiger partial charge in [-0.25, -0.2) is 0 Å². The summed E-state index contributed by atoms with van der Waals surface area (Å²) in [6.07, 6.45) is 5.42. The summed E-state index contributed by atoms with van der Waals surface area (Å²) in [5, 5.41) is 0. The molecule has 0 N–H and O–H groups in total. The van der Waals surface area contributed by atoms with Crippen LogP contribution in [0.25, 0.3) is 0 Å². The first-order chi connectivity index (χ1) is 21.3. The maximum atomic E-state index is 12.2. The van der Waals surface area contributed by atoms with Crippen molar-refractivity contribution < 1.29 is 47.7 Å². The van der Waals surface area contributed by atoms with E-state index in [-0.39, 0.29) is 48.2 Å². The maximum Gasteiger partial charge on any atom is 0.253 e. The number of ether oxygens (including phenoxy) is 4. The van der Waals surface area contributed by atoms with Crippen LogP contribution in [0.2, 0.25) is 0 Å². The largest absolute Gasteiger partial charge is 0.379 e. The van der Waals surface area contributed by atoms with Crippen LogP contribution < -0.4 is 0 Å². The second-order valence-electron chi connectivity index (χ2n) is 10.5. The van der Waals surface area contributed by atoms with E-state index >= 15 is 0 Å². The number of rotatable bonds is 24. The Bertz CT molecular complexity index is 1150. The van der Waals surface area contributed by atoms with Crippen molar-refractivity contribution in [3.05, 3.63) is 47.5 Å². The Hall–Kier alpha value is -3.58. The van der Waals surface area contributed by atoms with Gasteiger partial charge in [-0.05, 0) is 24.0 Å². The molecule has 0 saturated carbocycles. The van der Waals surface area contributed by atoms with Crippen molar-refractivity contribution >= 4 is 35.2 Å². The molecule has 0 unspecified atom stereocenters. The van der Waals surface area contributed by atoms with Crippen LogP contribution in [0.5, 0.6) is 0 Å². The summed E-state index contributed by atoms with van der Waals surface area (Å²) < 4.78 is 21.8. The molecule has 1 aromatic carbocycles. The van der Waals surface area contributed by atoms with Gasteiger partial charge in [0.05, 0.1) is 46.2 Å². The molecule has 1 saturated heterocycles. The number of nitrogens with zero attached hydrogens (tertiary/aromatic N) is 2. The van der Waals surface area contributed by atoms with Gasteiger partial charge in [0.2, 0.25) is 11.8 Å². The lowest BCUT2D eigenvalue weighted by Crippen LogP contribution is -2.47. The van der Waals surface area contributed by atoms with E-state index in [0.29, 0.717) is 104 Å². The van der Waals surface area contributed by atoms with Crippen LogP contribution in [0, 0.1) is 0 Å². The summed E-state index contributed by atoms with van der Waals surface area (Å²) in [4.78, 5) is 72.7. The van der Waals surface area contributed by atoms with Gasteiger partial charge in [0, 0.05) is 70.4 Å². The molecule has 240 valence electrons. The molecule has 0 radical (unpaired) electrons. The van der Waals surface area contributed by atoms with E-state index in [2.05, 4.69) is 0 Å². The fourth-order valence-electron chi connectivity index (χ4n) is 4.44. The van der Waals surface area contributed by atoms with Crippen LogP contribution in [-0.2, 0) is 60.6 Å². The average Bonchev–Trinajstić information content (AvgIpc) is 3.33. The Morgan fingerprint density at radius 1 is 0.636 bits per heavy atom. The molecule has 1 fully saturated rings. The van der Waals surface area contributed by atoms with Crippen molar-refractivity contribution in [2.75, 3.05) is 65.9 Å². The molecule has 2 aliphatic heterocycles. The summed E-state index contributed by atoms with van der Waals surface area (Å²) in [6, 6.07) is 7.62. The fraction of sp³-hybridized carbons (Fsp3) is 0.562. The minimum absolute atomic E-state index is 0.0160. The third kappa shape index (κ3) is 13.0. The molecule has 0 aromatic heterocycles. The first kappa shape index (κ1) is 34.9. The summed E-state index contributed by atoms with van der Waals surface area (Å²) in [7, 11) is 0. The molecule has 0 bridgehead atoms. The molecule has 0 aliphatic carbocycles. The van der Waals surface area contributed by atoms with Crippen molar-refractivity contribution in [3.63, 3.8) is 0 Å². The molecule has 12 heteroatoms. The second-order valence-corrected chi connectivity index (χ2v) is 10.5. The Morgan fingerprint density at radius 2 is 1.20 bits per heavy atom. The number of likely N-dealkylation sites (tertiary alicyclic amines) is 1. The quantitative estimate of drug-likeness (QED) is 0.0956. The number of hydrogen-bond donors (Lipinski definition) is 0. The third-order valence-corrected chi connectivity index (χ3v) is 7.10. The molecular weight excluding hydrogens is 572 g/mol. The van der Waals surface area contributed by atoms with Gasteiger partial charge in [-0.15, -0.1) is 0 Å². The van der Waals surface area contributed by atoms with Crippen molar-refractivity contribution in [1.82, 2.24) is 9.80 Å². The number of benzene rings is 1. The predicted octanol–water partition coefficient (Wildman–Crippen LogP) is 1.61. The van der Waals surface area contributed by atoms with Crippen molar-refractivity contribution in [3.8, 4) is 0 Å². The van der Waals surface area contributed by atoms with Crippen LogP contribution in [0.4, 0.5) is 0 Å². The first-order valence-corrected chi connectivity index (χ1v) is 15.1. The minimum atomic E-state index is -0.378. The minimum Gasteiger partial charge on any atom is -0.379 e. The van der Waals surface area contributed by atoms with E-state index in [1.54, 1.807) is 0 Å². The zero-order valence-corrected chi connectivity index (χ0v) is 25.2. The molecule has 4 amide bonds. The second kappa shape index (κ2) is 19.6. The molecule has 0 atom stereocenters. The van der Waals surface area contributed by atoms with Gasteiger partial charge in [0.1, 0.15) is 11.6 Å². The highest BCUT2D eigenvalue weighted by molar-refractivity contribution is 6.13. The Labute approximate surface area is 257 Å². The number of β-lactam (4-membered cyclic amide) rings is 1. The molecule has 2 aliphatic rings. The van der Waals surface area contributed by atoms with Crippen molar-refractivity contribution in [1.29, 1.82) is 0 Å². The highest BCUT2D eigenvalue weighted by Crippen LogP contribution is 2.14. The third-order valence-electron chi connectivity index (χ3n) is 7.10. The summed E-state index contributed by atoms with van der Waals surface area (Å²) in [5.74, 6) is -0.925. The van der Waals surface area contributed by atoms with Crippen LogP contribution in [0.3, 0.4) is 0 Å². The molecule has 12 nitrogen and oxygen atoms in total. The van der Waals surface area contributed by atoms with Crippen LogP contribution in [0.1, 0.15) is 49.7 Å². The number of imide groups is 2. The number of ketones is 2. The SMILES string of the molecule is O=C(CCCOCCOCCOCCOCCC(=O)Cc1ccc(CCC(=O)N2CCC2=O)cc1)CCN1C(=O)C=CC1=O. The number of carbonyl (C=O) groups excluding carboxylic acids is 6. The molecule has 0 spiro atoms. The average molecular weight is 615 g/mol. The van der Waals surface area contributed by atoms with Crippen LogP contribution >= 0.6 is 0 Å². The van der Waals surface area contributed by atoms with Gasteiger partial charge in [-0.1, -0.05) is 24.3 Å². The van der Waals surface area contributed by atoms with E-state index < -0.39 is 0 Å². The Kier molecular flexibility index (Phi) is 15.6. The summed E-state index contributed by atoms with van der Waals surface area (Å²) in [6.45, 7) is 3.80. The topological polar surface area (TPSA) is 146 Å². The monoisotopic (exact) mass is 614 g/mol. The molecule has 3 rings (SSSR count). The number of Topliss-reactive ketones (excluding diaryl/α,β-unsaturated/α-hetero) is 2. The summed E-state index contributed by atoms with van der Waals surface area (Å²) in [5.41, 5.74) is 1.90. The lowest BCUT2D eigenvalue weighted by molar-refractivity contribution is -0.152. The van der Waals surface area contributed by atoms with E-state index in [1.165, 1.54) is 17.1 Å². The van der Waals surface area contributed by atoms with Gasteiger partial charge in [-0.3, -0.25) is 38.6 Å². The molecule has 2 heterocycles. The van der Waals surface area contributed by atoms with E-state index in [4.69, 9.17) is 18.9 Å². The summed E-state index contributed by atoms with van der Waals surface area (Å²) >= 11 is 0. The Balaban J connectivity index is 1.05. The van der Waals surface area contributed by atoms with Crippen molar-refractivity contribution in [2.24, 2.45) is 0 Å². The van der Waals surface area contributed by atoms with E-state index in [0.717, 1.165) is 16.0 Å². The number of carbonyl (C=O) groups is 6. The van der Waals surface area contributed by atoms with Gasteiger partial charge < -0.3 is 18.9 Å². The van der Waals surface area contributed by atoms with Gasteiger partial charge in [0.25, 0.3) is 11.8 Å². The fourth-order valence-corrected chi connectivity index (χ4v) is 4.44. The van der Waals surface area contributed by atoms with Crippen LogP contribution in [0.15, 0.2) is 36.4 Å². The normalized spacial score (nSPS) is 14.4. The van der Waals surface area contributed by atoms with Gasteiger partial charge in [0.15, 0.2) is 0 Å². The number of hydrogen-bond acceptors (Lipinski definition) is 10. The lowest BCUT2D eigenvalue weighted by Gasteiger charge is -2.28. The van der Waals surface area contributed by atoms with E-state index in [9.17, 15) is 28.8 Å². The first-order valence-electron chi connectivity index (χ1n) is 15.1. The lowest BCUT2D eigenvalue weighted by atomic mass is 10.0. The number of aryl methyl sites for hydroxylation is 1. The standard InChI is InChI=1S/C32H42N2O10/c35-27(11-14-33-30(38)9-10-31(33)39)2-1-16-41-18-20-43-22-23-44-21-19-42-17-13-28(36)24-26-5-3-25(4-6-26)7-8-29(37)34-15-12-32(34)40/h3-6,9-10H,1-2,7-8,11-24H2.